The fourth-order valence-electron chi connectivity index (χ4n) is 8.34. The molecule has 0 saturated carbocycles. The molecule has 1 unspecified atom stereocenters. The molecule has 0 spiro atoms. The smallest absolute Gasteiger partial charge is 0.306 e. The van der Waals surface area contributed by atoms with Crippen LogP contribution in [0.5, 0.6) is 0 Å². The molecule has 1 atom stereocenters. The Bertz CT molecular complexity index is 1530. The number of esters is 2. The van der Waals surface area contributed by atoms with E-state index in [4.69, 9.17) is 9.47 Å². The minimum atomic E-state index is -0.788. The zero-order valence-electron chi connectivity index (χ0n) is 48.1. The summed E-state index contributed by atoms with van der Waals surface area (Å²) in [6.07, 6.45) is 94.3. The molecule has 0 rings (SSSR count). The highest BCUT2D eigenvalue weighted by Crippen LogP contribution is 2.15. The molecule has 1 N–H and O–H groups in total. The number of hydrogen-bond acceptors (Lipinski definition) is 5. The van der Waals surface area contributed by atoms with Gasteiger partial charge in [0, 0.05) is 12.8 Å². The summed E-state index contributed by atoms with van der Waals surface area (Å²) < 4.78 is 10.7. The molecule has 0 bridgehead atoms. The maximum atomic E-state index is 12.3. The predicted molar refractivity (Wildman–Crippen MR) is 324 cm³/mol. The first-order valence-corrected chi connectivity index (χ1v) is 30.7. The van der Waals surface area contributed by atoms with E-state index in [1.165, 1.54) is 135 Å². The Morgan fingerprint density at radius 1 is 0.324 bits per heavy atom. The molecule has 0 aliphatic carbocycles. The number of carbonyl (C=O) groups excluding carboxylic acids is 2. The molecule has 0 aliphatic rings. The standard InChI is InChI=1S/C69H114O5/c1-3-5-7-9-11-13-15-17-19-21-23-25-27-29-31-32-33-34-35-36-38-40-42-44-46-48-50-52-54-56-58-60-62-64-69(72)74-67(65-70)66-73-68(71)63-61-59-57-55-53-51-49-47-45-43-41-39-37-30-28-26-24-22-20-18-16-14-12-10-8-6-4-2/h5,7,11,13,16-19,22-25,28-31,33-34,36,38,42,44,67,70H,3-4,6,8-10,12,14-15,20-21,26-27,32,35,37,39-41,43,45-66H2,1-2H3/b7-5-,13-11-,18-16-,19-17-,24-22-,25-23-,30-28-,31-29-,34-33-,38-36-,44-42-. The zero-order valence-corrected chi connectivity index (χ0v) is 48.1. The van der Waals surface area contributed by atoms with Gasteiger partial charge < -0.3 is 14.6 Å². The van der Waals surface area contributed by atoms with Crippen LogP contribution >= 0.6 is 0 Å². The summed E-state index contributed by atoms with van der Waals surface area (Å²) in [6, 6.07) is 0. The number of hydrogen-bond donors (Lipinski definition) is 1. The number of unbranched alkanes of at least 4 members (excludes halogenated alkanes) is 25. The molecular formula is C69H114O5. The number of aliphatic hydroxyl groups excluding tert-OH is 1. The SMILES string of the molecule is CC/C=C\C/C=C\C/C=C\C/C=C\C/C=C\C/C=C\C/C=C\C/C=C\CCCCCCCCCCC(=O)OC(CO)COC(=O)CCCCCCCCCCCCCC/C=C\C/C=C\C/C=C\CCCCCCC. The molecule has 5 nitrogen and oxygen atoms in total. The zero-order chi connectivity index (χ0) is 53.4. The summed E-state index contributed by atoms with van der Waals surface area (Å²) >= 11 is 0. The van der Waals surface area contributed by atoms with Crippen LogP contribution in [0.4, 0.5) is 0 Å². The third-order valence-corrected chi connectivity index (χ3v) is 12.9. The van der Waals surface area contributed by atoms with Crippen molar-refractivity contribution in [2.45, 2.75) is 277 Å². The van der Waals surface area contributed by atoms with Crippen molar-refractivity contribution in [3.8, 4) is 0 Å². The van der Waals surface area contributed by atoms with Crippen molar-refractivity contribution in [1.82, 2.24) is 0 Å². The second-order valence-corrected chi connectivity index (χ2v) is 20.0. The topological polar surface area (TPSA) is 72.8 Å². The van der Waals surface area contributed by atoms with Crippen molar-refractivity contribution in [3.63, 3.8) is 0 Å². The third-order valence-electron chi connectivity index (χ3n) is 12.9. The van der Waals surface area contributed by atoms with Gasteiger partial charge in [-0.2, -0.15) is 0 Å². The Kier molecular flexibility index (Phi) is 59.9. The van der Waals surface area contributed by atoms with Crippen LogP contribution < -0.4 is 0 Å². The van der Waals surface area contributed by atoms with Crippen LogP contribution in [0, 0.1) is 0 Å². The molecule has 0 aromatic rings. The first-order valence-electron chi connectivity index (χ1n) is 30.7. The Morgan fingerprint density at radius 3 is 0.878 bits per heavy atom. The van der Waals surface area contributed by atoms with E-state index in [-0.39, 0.29) is 25.2 Å². The maximum absolute atomic E-state index is 12.3. The van der Waals surface area contributed by atoms with Gasteiger partial charge in [0.2, 0.25) is 0 Å². The van der Waals surface area contributed by atoms with Gasteiger partial charge in [-0.15, -0.1) is 0 Å². The molecule has 0 aromatic carbocycles. The first-order chi connectivity index (χ1) is 36.6. The average Bonchev–Trinajstić information content (AvgIpc) is 3.40. The fraction of sp³-hybridized carbons (Fsp3) is 0.652. The Labute approximate surface area is 457 Å². The molecule has 0 saturated heterocycles. The van der Waals surface area contributed by atoms with E-state index in [0.717, 1.165) is 109 Å². The van der Waals surface area contributed by atoms with Crippen LogP contribution in [0.2, 0.25) is 0 Å². The van der Waals surface area contributed by atoms with Crippen molar-refractivity contribution in [2.75, 3.05) is 13.2 Å². The van der Waals surface area contributed by atoms with Gasteiger partial charge >= 0.3 is 11.9 Å². The highest BCUT2D eigenvalue weighted by Gasteiger charge is 2.16. The summed E-state index contributed by atoms with van der Waals surface area (Å²) in [5.74, 6) is -0.605. The molecule has 74 heavy (non-hydrogen) atoms. The van der Waals surface area contributed by atoms with Gasteiger partial charge in [0.15, 0.2) is 6.10 Å². The largest absolute Gasteiger partial charge is 0.462 e. The first kappa shape index (κ1) is 70.0. The molecule has 0 heterocycles. The molecule has 420 valence electrons. The van der Waals surface area contributed by atoms with Crippen molar-refractivity contribution < 1.29 is 24.2 Å². The van der Waals surface area contributed by atoms with E-state index in [2.05, 4.69) is 148 Å². The molecule has 0 aliphatic heterocycles. The van der Waals surface area contributed by atoms with E-state index in [1.54, 1.807) is 0 Å². The van der Waals surface area contributed by atoms with Gasteiger partial charge in [0.05, 0.1) is 6.61 Å². The van der Waals surface area contributed by atoms with Crippen LogP contribution in [-0.4, -0.2) is 36.4 Å². The lowest BCUT2D eigenvalue weighted by atomic mass is 10.0. The van der Waals surface area contributed by atoms with Gasteiger partial charge in [0.25, 0.3) is 0 Å². The second-order valence-electron chi connectivity index (χ2n) is 20.0. The maximum Gasteiger partial charge on any atom is 0.306 e. The molecular weight excluding hydrogens is 909 g/mol. The summed E-state index contributed by atoms with van der Waals surface area (Å²) in [5.41, 5.74) is 0. The number of aliphatic hydroxyl groups is 1. The summed E-state index contributed by atoms with van der Waals surface area (Å²) in [7, 11) is 0. The number of carbonyl (C=O) groups is 2. The Balaban J connectivity index is 3.57. The van der Waals surface area contributed by atoms with Crippen molar-refractivity contribution in [2.24, 2.45) is 0 Å². The molecule has 0 radical (unpaired) electrons. The van der Waals surface area contributed by atoms with Gasteiger partial charge in [-0.05, 0) is 116 Å². The Morgan fingerprint density at radius 2 is 0.581 bits per heavy atom. The molecule has 0 amide bonds. The van der Waals surface area contributed by atoms with Crippen LogP contribution in [0.3, 0.4) is 0 Å². The lowest BCUT2D eigenvalue weighted by Crippen LogP contribution is -2.28. The van der Waals surface area contributed by atoms with Crippen molar-refractivity contribution in [1.29, 1.82) is 0 Å². The number of ether oxygens (including phenoxy) is 2. The highest BCUT2D eigenvalue weighted by molar-refractivity contribution is 5.70. The van der Waals surface area contributed by atoms with E-state index in [0.29, 0.717) is 12.8 Å². The lowest BCUT2D eigenvalue weighted by Gasteiger charge is -2.15. The average molecular weight is 1020 g/mol. The van der Waals surface area contributed by atoms with Crippen LogP contribution in [0.1, 0.15) is 271 Å². The summed E-state index contributed by atoms with van der Waals surface area (Å²) in [5, 5.41) is 9.68. The highest BCUT2D eigenvalue weighted by atomic mass is 16.6. The third kappa shape index (κ3) is 60.6. The molecule has 5 heteroatoms. The number of rotatable bonds is 55. The van der Waals surface area contributed by atoms with E-state index >= 15 is 0 Å². The summed E-state index contributed by atoms with van der Waals surface area (Å²) in [6.45, 7) is 4.02. The van der Waals surface area contributed by atoms with Crippen LogP contribution in [0.25, 0.3) is 0 Å². The van der Waals surface area contributed by atoms with E-state index in [1.807, 2.05) is 0 Å². The Hall–Kier alpha value is -3.96. The van der Waals surface area contributed by atoms with Gasteiger partial charge in [-0.1, -0.05) is 276 Å². The van der Waals surface area contributed by atoms with E-state index < -0.39 is 6.10 Å². The summed E-state index contributed by atoms with van der Waals surface area (Å²) in [4.78, 5) is 24.6. The number of allylic oxidation sites excluding steroid dienone is 22. The van der Waals surface area contributed by atoms with Crippen LogP contribution in [0.15, 0.2) is 134 Å². The van der Waals surface area contributed by atoms with E-state index in [9.17, 15) is 14.7 Å². The van der Waals surface area contributed by atoms with Crippen molar-refractivity contribution >= 4 is 11.9 Å². The second kappa shape index (κ2) is 63.3. The van der Waals surface area contributed by atoms with Crippen molar-refractivity contribution in [3.05, 3.63) is 134 Å². The molecule has 0 fully saturated rings. The predicted octanol–water partition coefficient (Wildman–Crippen LogP) is 21.2. The lowest BCUT2D eigenvalue weighted by molar-refractivity contribution is -0.161. The van der Waals surface area contributed by atoms with Crippen LogP contribution in [-0.2, 0) is 19.1 Å². The fourth-order valence-corrected chi connectivity index (χ4v) is 8.34. The monoisotopic (exact) mass is 1020 g/mol. The van der Waals surface area contributed by atoms with Gasteiger partial charge in [-0.3, -0.25) is 9.59 Å². The molecule has 0 aromatic heterocycles. The normalized spacial score (nSPS) is 13.2. The quantitative estimate of drug-likeness (QED) is 0.0373. The minimum Gasteiger partial charge on any atom is -0.462 e. The van der Waals surface area contributed by atoms with Gasteiger partial charge in [0.1, 0.15) is 6.61 Å². The van der Waals surface area contributed by atoms with Gasteiger partial charge in [-0.25, -0.2) is 0 Å². The minimum absolute atomic E-state index is 0.0771.